The zero-order valence-corrected chi connectivity index (χ0v) is 16.4. The fourth-order valence-corrected chi connectivity index (χ4v) is 3.15. The van der Waals surface area contributed by atoms with E-state index < -0.39 is 0 Å². The molecule has 0 aliphatic heterocycles. The normalized spacial score (nSPS) is 26.1. The molecule has 0 aromatic heterocycles. The molecule has 0 radical (unpaired) electrons. The molecule has 4 unspecified atom stereocenters. The zero-order valence-electron chi connectivity index (χ0n) is 16.4. The third-order valence-electron chi connectivity index (χ3n) is 5.59. The number of rotatable bonds is 7. The van der Waals surface area contributed by atoms with Crippen molar-refractivity contribution in [1.82, 2.24) is 0 Å². The van der Waals surface area contributed by atoms with Crippen LogP contribution in [0.3, 0.4) is 0 Å². The van der Waals surface area contributed by atoms with Crippen molar-refractivity contribution in [1.29, 1.82) is 0 Å². The summed E-state index contributed by atoms with van der Waals surface area (Å²) in [4.78, 5) is 0. The summed E-state index contributed by atoms with van der Waals surface area (Å²) in [6.45, 7) is 18.0. The van der Waals surface area contributed by atoms with Gasteiger partial charge in [-0.1, -0.05) is 81.1 Å². The van der Waals surface area contributed by atoms with Crippen LogP contribution in [0.2, 0.25) is 0 Å². The van der Waals surface area contributed by atoms with Crippen molar-refractivity contribution in [2.75, 3.05) is 0 Å². The first-order chi connectivity index (χ1) is 10.0. The maximum atomic E-state index is 2.51. The van der Waals surface area contributed by atoms with E-state index in [2.05, 4.69) is 41.5 Å². The molecule has 0 saturated heterocycles. The third-order valence-corrected chi connectivity index (χ3v) is 5.59. The highest BCUT2D eigenvalue weighted by Crippen LogP contribution is 2.53. The molecule has 21 heavy (non-hydrogen) atoms. The molecular formula is C21H44. The Kier molecular flexibility index (Phi) is 11.6. The van der Waals surface area contributed by atoms with Gasteiger partial charge in [-0.05, 0) is 54.8 Å². The van der Waals surface area contributed by atoms with Crippen LogP contribution in [0.4, 0.5) is 0 Å². The van der Waals surface area contributed by atoms with E-state index in [1.165, 1.54) is 38.5 Å². The predicted molar refractivity (Wildman–Crippen MR) is 98.7 cm³/mol. The summed E-state index contributed by atoms with van der Waals surface area (Å²) in [6.07, 6.45) is 10.3. The second kappa shape index (κ2) is 11.6. The summed E-state index contributed by atoms with van der Waals surface area (Å²) in [5.74, 6) is 6.26. The van der Waals surface area contributed by atoms with Gasteiger partial charge in [0, 0.05) is 0 Å². The number of hydrogen-bond acceptors (Lipinski definition) is 0. The molecule has 2 fully saturated rings. The molecular weight excluding hydrogens is 252 g/mol. The molecule has 2 rings (SSSR count). The predicted octanol–water partition coefficient (Wildman–Crippen LogP) is 7.57. The van der Waals surface area contributed by atoms with Gasteiger partial charge in [0.15, 0.2) is 0 Å². The Labute approximate surface area is 136 Å². The Morgan fingerprint density at radius 2 is 1.43 bits per heavy atom. The molecule has 4 atom stereocenters. The van der Waals surface area contributed by atoms with Gasteiger partial charge in [-0.2, -0.15) is 0 Å². The smallest absolute Gasteiger partial charge is 0.0355 e. The van der Waals surface area contributed by atoms with Crippen molar-refractivity contribution in [3.63, 3.8) is 0 Å². The molecule has 0 aromatic rings. The van der Waals surface area contributed by atoms with Crippen molar-refractivity contribution in [3.8, 4) is 0 Å². The maximum absolute atomic E-state index is 2.51. The number of unbranched alkanes of at least 4 members (excludes halogenated alkanes) is 1. The summed E-state index contributed by atoms with van der Waals surface area (Å²) in [6, 6.07) is 0. The molecule has 128 valence electrons. The fourth-order valence-electron chi connectivity index (χ4n) is 3.15. The first kappa shape index (κ1) is 21.0. The van der Waals surface area contributed by atoms with Gasteiger partial charge in [-0.25, -0.2) is 0 Å². The minimum atomic E-state index is 0.884. The lowest BCUT2D eigenvalue weighted by Crippen LogP contribution is -2.13. The lowest BCUT2D eigenvalue weighted by Gasteiger charge is -2.19. The van der Waals surface area contributed by atoms with Gasteiger partial charge in [-0.15, -0.1) is 0 Å². The molecule has 0 amide bonds. The molecule has 2 aliphatic carbocycles. The molecule has 0 nitrogen and oxygen atoms in total. The largest absolute Gasteiger partial charge is 0.0683 e. The monoisotopic (exact) mass is 296 g/mol. The molecule has 0 heteroatoms. The van der Waals surface area contributed by atoms with E-state index in [1.54, 1.807) is 6.42 Å². The Bertz CT molecular complexity index is 226. The molecule has 0 bridgehead atoms. The maximum Gasteiger partial charge on any atom is -0.0355 e. The van der Waals surface area contributed by atoms with Crippen molar-refractivity contribution < 1.29 is 0 Å². The van der Waals surface area contributed by atoms with Crippen LogP contribution >= 0.6 is 0 Å². The third kappa shape index (κ3) is 8.89. The van der Waals surface area contributed by atoms with Crippen LogP contribution < -0.4 is 0 Å². The highest BCUT2D eigenvalue weighted by atomic mass is 14.5. The lowest BCUT2D eigenvalue weighted by atomic mass is 9.86. The van der Waals surface area contributed by atoms with Crippen molar-refractivity contribution >= 4 is 0 Å². The Morgan fingerprint density at radius 3 is 1.81 bits per heavy atom. The summed E-state index contributed by atoms with van der Waals surface area (Å²) in [7, 11) is 0. The molecule has 0 N–H and O–H groups in total. The first-order valence-electron chi connectivity index (χ1n) is 10.0. The van der Waals surface area contributed by atoms with E-state index in [0.717, 1.165) is 35.5 Å². The summed E-state index contributed by atoms with van der Waals surface area (Å²) in [5, 5.41) is 0. The Balaban J connectivity index is 0.000000489. The average molecular weight is 297 g/mol. The van der Waals surface area contributed by atoms with Crippen LogP contribution in [0, 0.1) is 35.5 Å². The van der Waals surface area contributed by atoms with E-state index in [4.69, 9.17) is 0 Å². The molecule has 0 aromatic carbocycles. The van der Waals surface area contributed by atoms with Gasteiger partial charge in [0.05, 0.1) is 0 Å². The van der Waals surface area contributed by atoms with Gasteiger partial charge in [0.2, 0.25) is 0 Å². The Morgan fingerprint density at radius 1 is 0.905 bits per heavy atom. The van der Waals surface area contributed by atoms with Gasteiger partial charge < -0.3 is 0 Å². The van der Waals surface area contributed by atoms with E-state index in [9.17, 15) is 0 Å². The second-order valence-electron chi connectivity index (χ2n) is 7.66. The van der Waals surface area contributed by atoms with Crippen LogP contribution in [-0.2, 0) is 0 Å². The summed E-state index contributed by atoms with van der Waals surface area (Å²) >= 11 is 0. The number of hydrogen-bond donors (Lipinski definition) is 0. The van der Waals surface area contributed by atoms with Gasteiger partial charge >= 0.3 is 0 Å². The lowest BCUT2D eigenvalue weighted by molar-refractivity contribution is 0.295. The highest BCUT2D eigenvalue weighted by Gasteiger charge is 2.44. The molecule has 2 saturated carbocycles. The molecule has 2 aliphatic rings. The van der Waals surface area contributed by atoms with Crippen LogP contribution in [0.5, 0.6) is 0 Å². The molecule has 0 heterocycles. The first-order valence-corrected chi connectivity index (χ1v) is 10.0. The van der Waals surface area contributed by atoms with Crippen LogP contribution in [0.15, 0.2) is 0 Å². The Hall–Kier alpha value is 0. The van der Waals surface area contributed by atoms with Crippen molar-refractivity contribution in [3.05, 3.63) is 0 Å². The van der Waals surface area contributed by atoms with Crippen molar-refractivity contribution in [2.45, 2.75) is 100 Å². The van der Waals surface area contributed by atoms with Gasteiger partial charge in [0.1, 0.15) is 0 Å². The summed E-state index contributed by atoms with van der Waals surface area (Å²) < 4.78 is 0. The highest BCUT2D eigenvalue weighted by molar-refractivity contribution is 4.94. The fraction of sp³-hybridized carbons (Fsp3) is 1.00. The topological polar surface area (TPSA) is 0 Å². The quantitative estimate of drug-likeness (QED) is 0.454. The van der Waals surface area contributed by atoms with Crippen LogP contribution in [0.25, 0.3) is 0 Å². The van der Waals surface area contributed by atoms with E-state index in [-0.39, 0.29) is 0 Å². The van der Waals surface area contributed by atoms with Crippen molar-refractivity contribution in [2.24, 2.45) is 35.5 Å². The average Bonchev–Trinajstić information content (AvgIpc) is 3.40. The zero-order chi connectivity index (χ0) is 16.4. The van der Waals surface area contributed by atoms with Gasteiger partial charge in [-0.3, -0.25) is 0 Å². The molecule has 0 spiro atoms. The minimum Gasteiger partial charge on any atom is -0.0683 e. The SMILES string of the molecule is CC.CCC(C)C.CCCCC1CC1C(C)C(C)C1CC1. The summed E-state index contributed by atoms with van der Waals surface area (Å²) in [5.41, 5.74) is 0. The van der Waals surface area contributed by atoms with Crippen LogP contribution in [0.1, 0.15) is 100 Å². The second-order valence-corrected chi connectivity index (χ2v) is 7.66. The van der Waals surface area contributed by atoms with Gasteiger partial charge in [0.25, 0.3) is 0 Å². The van der Waals surface area contributed by atoms with E-state index in [0.29, 0.717) is 0 Å². The standard InChI is InChI=1S/C14H26.C5H12.C2H6/c1-4-5-6-13-9-14(13)11(3)10(2)12-7-8-12;1-4-5(2)3;1-2/h10-14H,4-9H2,1-3H3;5H,4H2,1-3H3;1-2H3. The van der Waals surface area contributed by atoms with Crippen LogP contribution in [-0.4, -0.2) is 0 Å². The van der Waals surface area contributed by atoms with E-state index >= 15 is 0 Å². The van der Waals surface area contributed by atoms with E-state index in [1.807, 2.05) is 13.8 Å². The minimum absolute atomic E-state index is 0.884.